The summed E-state index contributed by atoms with van der Waals surface area (Å²) in [5.74, 6) is 0.621. The molecule has 2 aromatic rings. The third kappa shape index (κ3) is 3.57. The van der Waals surface area contributed by atoms with Crippen LogP contribution in [0, 0.1) is 0 Å². The van der Waals surface area contributed by atoms with Gasteiger partial charge in [0.1, 0.15) is 5.76 Å². The molecule has 116 valence electrons. The number of hydrogen-bond acceptors (Lipinski definition) is 3. The molecule has 22 heavy (non-hydrogen) atoms. The normalized spacial score (nSPS) is 15.5. The third-order valence-corrected chi connectivity index (χ3v) is 4.40. The third-order valence-electron chi connectivity index (χ3n) is 4.40. The molecule has 4 nitrogen and oxygen atoms in total. The largest absolute Gasteiger partial charge is 0.468 e. The van der Waals surface area contributed by atoms with E-state index in [9.17, 15) is 4.79 Å². The molecule has 2 N–H and O–H groups in total. The Bertz CT molecular complexity index is 599. The lowest BCUT2D eigenvalue weighted by atomic mass is 10.1. The van der Waals surface area contributed by atoms with Gasteiger partial charge in [0.15, 0.2) is 0 Å². The molecule has 1 aliphatic rings. The SMILES string of the molecule is NC(=O)c1ccc(CN(Cc2ccco2)C2CCCC2)cc1. The van der Waals surface area contributed by atoms with Gasteiger partial charge in [-0.25, -0.2) is 0 Å². The number of hydrogen-bond donors (Lipinski definition) is 1. The maximum absolute atomic E-state index is 11.2. The minimum Gasteiger partial charge on any atom is -0.468 e. The van der Waals surface area contributed by atoms with Crippen molar-refractivity contribution in [2.75, 3.05) is 0 Å². The van der Waals surface area contributed by atoms with Gasteiger partial charge in [0.25, 0.3) is 0 Å². The van der Waals surface area contributed by atoms with Gasteiger partial charge in [0, 0.05) is 18.2 Å². The molecule has 3 rings (SSSR count). The summed E-state index contributed by atoms with van der Waals surface area (Å²) in [6.07, 6.45) is 6.84. The number of primary amides is 1. The summed E-state index contributed by atoms with van der Waals surface area (Å²) in [7, 11) is 0. The van der Waals surface area contributed by atoms with Crippen molar-refractivity contribution in [3.63, 3.8) is 0 Å². The Kier molecular flexibility index (Phi) is 4.59. The van der Waals surface area contributed by atoms with Gasteiger partial charge in [-0.05, 0) is 42.7 Å². The fourth-order valence-electron chi connectivity index (χ4n) is 3.20. The van der Waals surface area contributed by atoms with Crippen molar-refractivity contribution in [1.29, 1.82) is 0 Å². The van der Waals surface area contributed by atoms with Crippen molar-refractivity contribution >= 4 is 5.91 Å². The minimum atomic E-state index is -0.380. The summed E-state index contributed by atoms with van der Waals surface area (Å²) in [6, 6.07) is 12.2. The van der Waals surface area contributed by atoms with Crippen molar-refractivity contribution in [3.8, 4) is 0 Å². The highest BCUT2D eigenvalue weighted by molar-refractivity contribution is 5.92. The zero-order valence-electron chi connectivity index (χ0n) is 12.7. The molecule has 1 aromatic carbocycles. The Morgan fingerprint density at radius 1 is 1.14 bits per heavy atom. The van der Waals surface area contributed by atoms with Crippen LogP contribution in [0.5, 0.6) is 0 Å². The number of furan rings is 1. The number of nitrogens with two attached hydrogens (primary N) is 1. The Balaban J connectivity index is 1.72. The summed E-state index contributed by atoms with van der Waals surface area (Å²) in [5.41, 5.74) is 7.05. The molecule has 0 aliphatic heterocycles. The average Bonchev–Trinajstić information content (AvgIpc) is 3.20. The number of amides is 1. The first-order valence-corrected chi connectivity index (χ1v) is 7.87. The van der Waals surface area contributed by atoms with Crippen LogP contribution in [0.1, 0.15) is 47.4 Å². The number of carbonyl (C=O) groups excluding carboxylic acids is 1. The molecular formula is C18H22N2O2. The second kappa shape index (κ2) is 6.79. The minimum absolute atomic E-state index is 0.380. The van der Waals surface area contributed by atoms with Crippen molar-refractivity contribution in [2.24, 2.45) is 5.73 Å². The molecule has 0 bridgehead atoms. The number of rotatable bonds is 6. The first-order valence-electron chi connectivity index (χ1n) is 7.87. The van der Waals surface area contributed by atoms with E-state index >= 15 is 0 Å². The first kappa shape index (κ1) is 14.9. The molecule has 1 amide bonds. The average molecular weight is 298 g/mol. The van der Waals surface area contributed by atoms with Gasteiger partial charge in [0.2, 0.25) is 5.91 Å². The summed E-state index contributed by atoms with van der Waals surface area (Å²) in [4.78, 5) is 13.6. The van der Waals surface area contributed by atoms with Gasteiger partial charge in [0.05, 0.1) is 12.8 Å². The first-order chi connectivity index (χ1) is 10.7. The Morgan fingerprint density at radius 3 is 2.45 bits per heavy atom. The van der Waals surface area contributed by atoms with E-state index in [4.69, 9.17) is 10.2 Å². The van der Waals surface area contributed by atoms with Gasteiger partial charge in [-0.2, -0.15) is 0 Å². The number of carbonyl (C=O) groups is 1. The van der Waals surface area contributed by atoms with Crippen LogP contribution in [0.4, 0.5) is 0 Å². The van der Waals surface area contributed by atoms with Crippen LogP contribution in [0.25, 0.3) is 0 Å². The van der Waals surface area contributed by atoms with Crippen LogP contribution in [-0.4, -0.2) is 16.8 Å². The molecular weight excluding hydrogens is 276 g/mol. The molecule has 0 unspecified atom stereocenters. The van der Waals surface area contributed by atoms with E-state index in [2.05, 4.69) is 4.90 Å². The van der Waals surface area contributed by atoms with Crippen LogP contribution < -0.4 is 5.73 Å². The predicted octanol–water partition coefficient (Wildman–Crippen LogP) is 3.32. The van der Waals surface area contributed by atoms with E-state index in [1.165, 1.54) is 31.2 Å². The molecule has 0 atom stereocenters. The number of benzene rings is 1. The van der Waals surface area contributed by atoms with Crippen molar-refractivity contribution in [2.45, 2.75) is 44.8 Å². The predicted molar refractivity (Wildman–Crippen MR) is 85.2 cm³/mol. The molecule has 1 aliphatic carbocycles. The highest BCUT2D eigenvalue weighted by atomic mass is 16.3. The van der Waals surface area contributed by atoms with Crippen LogP contribution in [-0.2, 0) is 13.1 Å². The zero-order valence-corrected chi connectivity index (χ0v) is 12.7. The van der Waals surface area contributed by atoms with E-state index in [0.29, 0.717) is 11.6 Å². The second-order valence-corrected chi connectivity index (χ2v) is 5.98. The van der Waals surface area contributed by atoms with Crippen LogP contribution in [0.15, 0.2) is 47.1 Å². The quantitative estimate of drug-likeness (QED) is 0.890. The van der Waals surface area contributed by atoms with Gasteiger partial charge >= 0.3 is 0 Å². The lowest BCUT2D eigenvalue weighted by molar-refractivity contribution is 0.1000. The maximum Gasteiger partial charge on any atom is 0.248 e. The van der Waals surface area contributed by atoms with E-state index in [1.807, 2.05) is 24.3 Å². The molecule has 0 radical (unpaired) electrons. The smallest absolute Gasteiger partial charge is 0.248 e. The van der Waals surface area contributed by atoms with E-state index in [0.717, 1.165) is 18.8 Å². The Morgan fingerprint density at radius 2 is 1.86 bits per heavy atom. The van der Waals surface area contributed by atoms with Crippen LogP contribution in [0.2, 0.25) is 0 Å². The maximum atomic E-state index is 11.2. The summed E-state index contributed by atoms with van der Waals surface area (Å²) in [5, 5.41) is 0. The van der Waals surface area contributed by atoms with E-state index in [-0.39, 0.29) is 5.91 Å². The van der Waals surface area contributed by atoms with Crippen LogP contribution >= 0.6 is 0 Å². The Hall–Kier alpha value is -2.07. The molecule has 1 aromatic heterocycles. The standard InChI is InChI=1S/C18H22N2O2/c19-18(21)15-9-7-14(8-10-15)12-20(16-4-1-2-5-16)13-17-6-3-11-22-17/h3,6-11,16H,1-2,4-5,12-13H2,(H2,19,21). The molecule has 4 heteroatoms. The lowest BCUT2D eigenvalue weighted by Crippen LogP contribution is -2.32. The monoisotopic (exact) mass is 298 g/mol. The lowest BCUT2D eigenvalue weighted by Gasteiger charge is -2.28. The molecule has 1 heterocycles. The molecule has 1 saturated carbocycles. The number of nitrogens with zero attached hydrogens (tertiary/aromatic N) is 1. The van der Waals surface area contributed by atoms with Crippen molar-refractivity contribution < 1.29 is 9.21 Å². The van der Waals surface area contributed by atoms with Gasteiger partial charge in [-0.1, -0.05) is 25.0 Å². The fraction of sp³-hybridized carbons (Fsp3) is 0.389. The highest BCUT2D eigenvalue weighted by Crippen LogP contribution is 2.26. The highest BCUT2D eigenvalue weighted by Gasteiger charge is 2.23. The van der Waals surface area contributed by atoms with E-state index in [1.54, 1.807) is 18.4 Å². The molecule has 0 spiro atoms. The summed E-state index contributed by atoms with van der Waals surface area (Å²) >= 11 is 0. The molecule has 0 saturated heterocycles. The zero-order chi connectivity index (χ0) is 15.4. The van der Waals surface area contributed by atoms with Crippen LogP contribution in [0.3, 0.4) is 0 Å². The summed E-state index contributed by atoms with van der Waals surface area (Å²) < 4.78 is 5.51. The van der Waals surface area contributed by atoms with Gasteiger partial charge < -0.3 is 10.2 Å². The molecule has 1 fully saturated rings. The van der Waals surface area contributed by atoms with Crippen molar-refractivity contribution in [3.05, 3.63) is 59.5 Å². The van der Waals surface area contributed by atoms with Gasteiger partial charge in [-0.15, -0.1) is 0 Å². The Labute approximate surface area is 130 Å². The summed E-state index contributed by atoms with van der Waals surface area (Å²) in [6.45, 7) is 1.69. The van der Waals surface area contributed by atoms with E-state index < -0.39 is 0 Å². The van der Waals surface area contributed by atoms with Gasteiger partial charge in [-0.3, -0.25) is 9.69 Å². The topological polar surface area (TPSA) is 59.5 Å². The fourth-order valence-corrected chi connectivity index (χ4v) is 3.20. The second-order valence-electron chi connectivity index (χ2n) is 5.98. The van der Waals surface area contributed by atoms with Crippen molar-refractivity contribution in [1.82, 2.24) is 4.90 Å².